The normalized spacial score (nSPS) is 22.5. The summed E-state index contributed by atoms with van der Waals surface area (Å²) in [6.07, 6.45) is 6.16. The number of hydrogen-bond acceptors (Lipinski definition) is 3. The third-order valence-corrected chi connectivity index (χ3v) is 6.73. The van der Waals surface area contributed by atoms with Gasteiger partial charge in [-0.3, -0.25) is 9.59 Å². The Morgan fingerprint density at radius 3 is 2.71 bits per heavy atom. The molecule has 2 aliphatic rings. The number of allylic oxidation sites excluding steroid dienone is 2. The van der Waals surface area contributed by atoms with Gasteiger partial charge in [0.1, 0.15) is 5.82 Å². The number of halogens is 1. The van der Waals surface area contributed by atoms with E-state index in [2.05, 4.69) is 17.5 Å². The van der Waals surface area contributed by atoms with Gasteiger partial charge in [0.2, 0.25) is 5.91 Å². The van der Waals surface area contributed by atoms with Crippen molar-refractivity contribution in [2.24, 2.45) is 17.8 Å². The average molecular weight is 399 g/mol. The second kappa shape index (κ2) is 7.51. The molecule has 3 atom stereocenters. The van der Waals surface area contributed by atoms with Crippen LogP contribution >= 0.6 is 11.3 Å². The topological polar surface area (TPSA) is 49.4 Å². The van der Waals surface area contributed by atoms with Crippen LogP contribution in [0.2, 0.25) is 0 Å². The quantitative estimate of drug-likeness (QED) is 0.747. The molecule has 0 saturated heterocycles. The number of nitrogens with zero attached hydrogens (tertiary/aromatic N) is 1. The third-order valence-electron chi connectivity index (χ3n) is 5.72. The zero-order valence-corrected chi connectivity index (χ0v) is 16.8. The molecule has 1 saturated carbocycles. The molecule has 4 nitrogen and oxygen atoms in total. The molecular formula is C22H23FN2O2S. The van der Waals surface area contributed by atoms with Crippen molar-refractivity contribution in [2.75, 3.05) is 12.4 Å². The molecule has 2 aliphatic carbocycles. The highest BCUT2D eigenvalue weighted by atomic mass is 32.1. The van der Waals surface area contributed by atoms with E-state index in [0.717, 1.165) is 23.3 Å². The summed E-state index contributed by atoms with van der Waals surface area (Å²) >= 11 is 1.59. The van der Waals surface area contributed by atoms with Crippen LogP contribution in [-0.4, -0.2) is 23.8 Å². The predicted molar refractivity (Wildman–Crippen MR) is 109 cm³/mol. The van der Waals surface area contributed by atoms with E-state index in [1.165, 1.54) is 12.1 Å². The summed E-state index contributed by atoms with van der Waals surface area (Å²) in [5.74, 6) is -0.203. The number of carbonyl (C=O) groups excluding carboxylic acids is 2. The number of rotatable bonds is 5. The number of aryl methyl sites for hydroxylation is 1. The molecule has 4 rings (SSSR count). The predicted octanol–water partition coefficient (Wildman–Crippen LogP) is 4.62. The van der Waals surface area contributed by atoms with E-state index in [1.54, 1.807) is 29.4 Å². The Morgan fingerprint density at radius 2 is 2.07 bits per heavy atom. The largest absolute Gasteiger partial charge is 0.337 e. The molecular weight excluding hydrogens is 375 g/mol. The summed E-state index contributed by atoms with van der Waals surface area (Å²) in [6.45, 7) is 2.48. The van der Waals surface area contributed by atoms with Crippen LogP contribution < -0.4 is 5.32 Å². The second-order valence-electron chi connectivity index (χ2n) is 7.79. The van der Waals surface area contributed by atoms with Crippen molar-refractivity contribution in [2.45, 2.75) is 26.3 Å². The van der Waals surface area contributed by atoms with Gasteiger partial charge in [0, 0.05) is 29.1 Å². The lowest BCUT2D eigenvalue weighted by Crippen LogP contribution is -2.27. The minimum Gasteiger partial charge on any atom is -0.337 e. The van der Waals surface area contributed by atoms with E-state index >= 15 is 0 Å². The fourth-order valence-corrected chi connectivity index (χ4v) is 5.13. The lowest BCUT2D eigenvalue weighted by Gasteiger charge is -2.19. The Kier molecular flexibility index (Phi) is 5.06. The van der Waals surface area contributed by atoms with E-state index in [1.807, 2.05) is 18.4 Å². The van der Waals surface area contributed by atoms with Gasteiger partial charge in [-0.1, -0.05) is 12.2 Å². The SMILES string of the molecule is Cc1ccsc1CN(C)C(=O)c1cc(F)cc(NC(=O)[C@H]2C[C@@H]3C=C[C@H]2C3)c1. The second-order valence-corrected chi connectivity index (χ2v) is 8.79. The Hall–Kier alpha value is -2.47. The molecule has 0 radical (unpaired) electrons. The third kappa shape index (κ3) is 3.74. The minimum absolute atomic E-state index is 0.0677. The molecule has 1 N–H and O–H groups in total. The van der Waals surface area contributed by atoms with Gasteiger partial charge in [0.25, 0.3) is 5.91 Å². The summed E-state index contributed by atoms with van der Waals surface area (Å²) in [5.41, 5.74) is 1.71. The summed E-state index contributed by atoms with van der Waals surface area (Å²) < 4.78 is 14.1. The van der Waals surface area contributed by atoms with Crippen molar-refractivity contribution in [3.63, 3.8) is 0 Å². The van der Waals surface area contributed by atoms with Gasteiger partial charge >= 0.3 is 0 Å². The first kappa shape index (κ1) is 18.9. The van der Waals surface area contributed by atoms with E-state index in [-0.39, 0.29) is 29.2 Å². The van der Waals surface area contributed by atoms with E-state index in [4.69, 9.17) is 0 Å². The van der Waals surface area contributed by atoms with Crippen molar-refractivity contribution in [3.8, 4) is 0 Å². The maximum atomic E-state index is 14.1. The molecule has 1 fully saturated rings. The number of carbonyl (C=O) groups is 2. The van der Waals surface area contributed by atoms with Gasteiger partial charge in [0.15, 0.2) is 0 Å². The van der Waals surface area contributed by atoms with Gasteiger partial charge in [-0.2, -0.15) is 0 Å². The molecule has 146 valence electrons. The van der Waals surface area contributed by atoms with Crippen LogP contribution in [0.15, 0.2) is 41.8 Å². The number of nitrogens with one attached hydrogen (secondary N) is 1. The highest BCUT2D eigenvalue weighted by Gasteiger charge is 2.39. The van der Waals surface area contributed by atoms with Crippen molar-refractivity contribution in [1.82, 2.24) is 4.90 Å². The van der Waals surface area contributed by atoms with Crippen LogP contribution in [0.1, 0.15) is 33.6 Å². The van der Waals surface area contributed by atoms with Crippen molar-refractivity contribution in [1.29, 1.82) is 0 Å². The van der Waals surface area contributed by atoms with Crippen molar-refractivity contribution in [3.05, 3.63) is 63.6 Å². The molecule has 0 aliphatic heterocycles. The Labute approximate surface area is 168 Å². The summed E-state index contributed by atoms with van der Waals surface area (Å²) in [4.78, 5) is 28.1. The van der Waals surface area contributed by atoms with Gasteiger partial charge in [0.05, 0.1) is 6.54 Å². The van der Waals surface area contributed by atoms with E-state index < -0.39 is 5.82 Å². The van der Waals surface area contributed by atoms with Crippen molar-refractivity contribution >= 4 is 28.8 Å². The number of hydrogen-bond donors (Lipinski definition) is 1. The van der Waals surface area contributed by atoms with Crippen LogP contribution in [0.5, 0.6) is 0 Å². The summed E-state index contributed by atoms with van der Waals surface area (Å²) in [6, 6.07) is 6.06. The van der Waals surface area contributed by atoms with Crippen LogP contribution in [0, 0.1) is 30.5 Å². The smallest absolute Gasteiger partial charge is 0.254 e. The van der Waals surface area contributed by atoms with Crippen LogP contribution in [0.25, 0.3) is 0 Å². The Bertz CT molecular complexity index is 952. The van der Waals surface area contributed by atoms with Crippen LogP contribution in [0.4, 0.5) is 10.1 Å². The van der Waals surface area contributed by atoms with E-state index in [9.17, 15) is 14.0 Å². The van der Waals surface area contributed by atoms with Crippen molar-refractivity contribution < 1.29 is 14.0 Å². The molecule has 2 amide bonds. The Balaban J connectivity index is 1.47. The molecule has 1 aromatic heterocycles. The zero-order valence-electron chi connectivity index (χ0n) is 15.9. The first-order valence-corrected chi connectivity index (χ1v) is 10.4. The number of anilines is 1. The fourth-order valence-electron chi connectivity index (χ4n) is 4.18. The number of thiophene rings is 1. The molecule has 0 unspecified atom stereocenters. The monoisotopic (exact) mass is 398 g/mol. The molecule has 6 heteroatoms. The number of benzene rings is 1. The molecule has 2 aromatic rings. The van der Waals surface area contributed by atoms with Gasteiger partial charge in [-0.25, -0.2) is 4.39 Å². The summed E-state index contributed by atoms with van der Waals surface area (Å²) in [5, 5.41) is 4.81. The molecule has 1 heterocycles. The van der Waals surface area contributed by atoms with E-state index in [0.29, 0.717) is 18.2 Å². The standard InChI is InChI=1S/C22H23FN2O2S/c1-13-5-6-28-20(13)12-25(2)22(27)16-9-17(23)11-18(10-16)24-21(26)19-8-14-3-4-15(19)7-14/h3-6,9-11,14-15,19H,7-8,12H2,1-2H3,(H,24,26)/t14-,15+,19+/m1/s1. The Morgan fingerprint density at radius 1 is 1.25 bits per heavy atom. The van der Waals surface area contributed by atoms with Gasteiger partial charge in [-0.05, 0) is 66.8 Å². The molecule has 28 heavy (non-hydrogen) atoms. The van der Waals surface area contributed by atoms with Crippen LogP contribution in [0.3, 0.4) is 0 Å². The highest BCUT2D eigenvalue weighted by molar-refractivity contribution is 7.10. The number of fused-ring (bicyclic) bond motifs is 2. The van der Waals surface area contributed by atoms with Gasteiger partial charge < -0.3 is 10.2 Å². The maximum Gasteiger partial charge on any atom is 0.254 e. The molecule has 1 aromatic carbocycles. The fraction of sp³-hybridized carbons (Fsp3) is 0.364. The summed E-state index contributed by atoms with van der Waals surface area (Å²) in [7, 11) is 1.70. The molecule has 0 spiro atoms. The maximum absolute atomic E-state index is 14.1. The zero-order chi connectivity index (χ0) is 19.8. The average Bonchev–Trinajstić information content (AvgIpc) is 3.38. The molecule has 2 bridgehead atoms. The lowest BCUT2D eigenvalue weighted by atomic mass is 9.93. The first-order valence-electron chi connectivity index (χ1n) is 9.49. The minimum atomic E-state index is -0.533. The highest BCUT2D eigenvalue weighted by Crippen LogP contribution is 2.43. The van der Waals surface area contributed by atoms with Crippen LogP contribution in [-0.2, 0) is 11.3 Å². The van der Waals surface area contributed by atoms with Gasteiger partial charge in [-0.15, -0.1) is 11.3 Å². The first-order chi connectivity index (χ1) is 13.4. The number of amides is 2. The lowest BCUT2D eigenvalue weighted by molar-refractivity contribution is -0.120.